The Morgan fingerprint density at radius 3 is 1.92 bits per heavy atom. The maximum Gasteiger partial charge on any atom is 0.195 e. The molecule has 1 saturated heterocycles. The van der Waals surface area contributed by atoms with E-state index in [-0.39, 0.29) is 11.7 Å². The highest BCUT2D eigenvalue weighted by atomic mass is 35.5. The summed E-state index contributed by atoms with van der Waals surface area (Å²) in [5.41, 5.74) is 2.40. The Morgan fingerprint density at radius 2 is 1.37 bits per heavy atom. The molecule has 4 aromatic carbocycles. The maximum absolute atomic E-state index is 13.2. The number of halogens is 1. The third kappa shape index (κ3) is 5.37. The van der Waals surface area contributed by atoms with Crippen LogP contribution in [0.3, 0.4) is 0 Å². The van der Waals surface area contributed by atoms with Gasteiger partial charge < -0.3 is 15.3 Å². The normalized spacial score (nSPS) is 14.2. The Balaban J connectivity index is 1.32. The van der Waals surface area contributed by atoms with Crippen molar-refractivity contribution in [2.75, 3.05) is 18.4 Å². The number of hydrogen-bond acceptors (Lipinski definition) is 3. The molecule has 0 radical (unpaired) electrons. The van der Waals surface area contributed by atoms with Crippen molar-refractivity contribution in [1.29, 1.82) is 0 Å². The van der Waals surface area contributed by atoms with Gasteiger partial charge >= 0.3 is 0 Å². The number of ketones is 1. The van der Waals surface area contributed by atoms with Crippen LogP contribution in [0.25, 0.3) is 0 Å². The van der Waals surface area contributed by atoms with E-state index in [0.29, 0.717) is 40.0 Å². The average Bonchev–Trinajstić information content (AvgIpc) is 2.98. The molecular formula is C32H29ClN2O2S. The molecule has 1 fully saturated rings. The molecule has 4 nitrogen and oxygen atoms in total. The van der Waals surface area contributed by atoms with Crippen molar-refractivity contribution in [2.24, 2.45) is 5.92 Å². The fraction of sp³-hybridized carbons (Fsp3) is 0.188. The second-order valence-corrected chi connectivity index (χ2v) is 10.4. The number of anilines is 1. The van der Waals surface area contributed by atoms with Crippen LogP contribution in [0.4, 0.5) is 5.69 Å². The predicted molar refractivity (Wildman–Crippen MR) is 158 cm³/mol. The molecule has 0 amide bonds. The van der Waals surface area contributed by atoms with E-state index in [1.54, 1.807) is 30.3 Å². The maximum atomic E-state index is 13.2. The highest BCUT2D eigenvalue weighted by Gasteiger charge is 2.41. The van der Waals surface area contributed by atoms with Crippen molar-refractivity contribution in [1.82, 2.24) is 4.90 Å². The molecule has 2 N–H and O–H groups in total. The van der Waals surface area contributed by atoms with E-state index in [1.165, 1.54) is 0 Å². The number of nitrogens with one attached hydrogen (secondary N) is 1. The van der Waals surface area contributed by atoms with E-state index in [9.17, 15) is 9.90 Å². The zero-order valence-corrected chi connectivity index (χ0v) is 22.5. The summed E-state index contributed by atoms with van der Waals surface area (Å²) in [5.74, 6) is -0.0926. The molecule has 192 valence electrons. The highest BCUT2D eigenvalue weighted by Crippen LogP contribution is 2.42. The fourth-order valence-electron chi connectivity index (χ4n) is 5.28. The van der Waals surface area contributed by atoms with Gasteiger partial charge in [0.1, 0.15) is 5.60 Å². The number of thiocarbonyl (C=S) groups is 1. The molecule has 4 aromatic rings. The molecule has 0 saturated carbocycles. The first-order chi connectivity index (χ1) is 18.5. The number of nitrogens with zero attached hydrogens (tertiary/aromatic N) is 1. The molecule has 6 heteroatoms. The molecule has 0 unspecified atom stereocenters. The predicted octanol–water partition coefficient (Wildman–Crippen LogP) is 6.92. The minimum Gasteiger partial charge on any atom is -0.380 e. The summed E-state index contributed by atoms with van der Waals surface area (Å²) in [4.78, 5) is 15.3. The summed E-state index contributed by atoms with van der Waals surface area (Å²) >= 11 is 12.0. The topological polar surface area (TPSA) is 52.6 Å². The molecule has 38 heavy (non-hydrogen) atoms. The average molecular weight is 541 g/mol. The number of carbonyl (C=O) groups excluding carboxylic acids is 1. The number of piperidine rings is 1. The van der Waals surface area contributed by atoms with Gasteiger partial charge in [-0.15, -0.1) is 0 Å². The monoisotopic (exact) mass is 540 g/mol. The van der Waals surface area contributed by atoms with Crippen molar-refractivity contribution in [2.45, 2.75) is 18.4 Å². The van der Waals surface area contributed by atoms with Gasteiger partial charge in [0.15, 0.2) is 10.9 Å². The van der Waals surface area contributed by atoms with Crippen LogP contribution in [-0.2, 0) is 5.60 Å². The summed E-state index contributed by atoms with van der Waals surface area (Å²) in [6, 6.07) is 34.2. The fourth-order valence-corrected chi connectivity index (χ4v) is 5.74. The Bertz CT molecular complexity index is 1370. The highest BCUT2D eigenvalue weighted by molar-refractivity contribution is 7.80. The molecule has 0 aliphatic carbocycles. The first kappa shape index (κ1) is 26.1. The minimum absolute atomic E-state index is 0.0251. The van der Waals surface area contributed by atoms with Gasteiger partial charge in [-0.2, -0.15) is 0 Å². The standard InChI is InChI=1S/C32H29ClN2O2S/c33-27-16-17-29(28(22-27)30(36)23-10-4-1-5-11-23)34-31(38)35-20-18-26(19-21-35)32(37,24-12-6-2-7-13-24)25-14-8-3-9-15-25/h1-17,22,26,37H,18-21H2,(H,34,38). The van der Waals surface area contributed by atoms with Gasteiger partial charge in [-0.1, -0.05) is 103 Å². The minimum atomic E-state index is -1.09. The van der Waals surface area contributed by atoms with Gasteiger partial charge in [0.05, 0.1) is 5.69 Å². The zero-order valence-electron chi connectivity index (χ0n) is 20.9. The van der Waals surface area contributed by atoms with Crippen molar-refractivity contribution in [3.05, 3.63) is 136 Å². The van der Waals surface area contributed by atoms with E-state index >= 15 is 0 Å². The van der Waals surface area contributed by atoms with Crippen LogP contribution >= 0.6 is 23.8 Å². The number of hydrogen-bond donors (Lipinski definition) is 2. The van der Waals surface area contributed by atoms with Crippen molar-refractivity contribution in [3.63, 3.8) is 0 Å². The molecule has 5 rings (SSSR count). The third-order valence-electron chi connectivity index (χ3n) is 7.30. The van der Waals surface area contributed by atoms with E-state index in [1.807, 2.05) is 78.9 Å². The molecular weight excluding hydrogens is 512 g/mol. The van der Waals surface area contributed by atoms with Gasteiger partial charge in [-0.25, -0.2) is 0 Å². The second-order valence-electron chi connectivity index (χ2n) is 9.57. The molecule has 1 aliphatic heterocycles. The van der Waals surface area contributed by atoms with E-state index < -0.39 is 5.60 Å². The molecule has 0 bridgehead atoms. The molecule has 0 atom stereocenters. The van der Waals surface area contributed by atoms with Crippen LogP contribution in [-0.4, -0.2) is 34.0 Å². The van der Waals surface area contributed by atoms with Gasteiger partial charge in [-0.3, -0.25) is 4.79 Å². The molecule has 1 aliphatic rings. The summed E-state index contributed by atoms with van der Waals surface area (Å²) in [6.07, 6.45) is 1.52. The van der Waals surface area contributed by atoms with Gasteiger partial charge in [0.25, 0.3) is 0 Å². The van der Waals surface area contributed by atoms with Gasteiger partial charge in [0.2, 0.25) is 0 Å². The van der Waals surface area contributed by atoms with Gasteiger partial charge in [0, 0.05) is 29.2 Å². The Morgan fingerprint density at radius 1 is 0.842 bits per heavy atom. The van der Waals surface area contributed by atoms with Crippen LogP contribution in [0.15, 0.2) is 109 Å². The van der Waals surface area contributed by atoms with Gasteiger partial charge in [-0.05, 0) is 60.3 Å². The Kier molecular flexibility index (Phi) is 7.89. The SMILES string of the molecule is O=C(c1ccccc1)c1cc(Cl)ccc1NC(=S)N1CCC(C(O)(c2ccccc2)c2ccccc2)CC1. The number of rotatable bonds is 6. The van der Waals surface area contributed by atoms with Crippen molar-refractivity contribution >= 4 is 40.4 Å². The Labute approximate surface area is 233 Å². The summed E-state index contributed by atoms with van der Waals surface area (Å²) in [7, 11) is 0. The first-order valence-electron chi connectivity index (χ1n) is 12.8. The van der Waals surface area contributed by atoms with Crippen LogP contribution < -0.4 is 5.32 Å². The number of carbonyl (C=O) groups is 1. The van der Waals surface area contributed by atoms with Crippen LogP contribution in [0, 0.1) is 5.92 Å². The number of aliphatic hydroxyl groups is 1. The Hall–Kier alpha value is -3.51. The lowest BCUT2D eigenvalue weighted by Crippen LogP contribution is -2.47. The lowest BCUT2D eigenvalue weighted by atomic mass is 9.72. The zero-order chi connectivity index (χ0) is 26.5. The lowest BCUT2D eigenvalue weighted by molar-refractivity contribution is -0.00631. The molecule has 0 aromatic heterocycles. The second kappa shape index (κ2) is 11.5. The largest absolute Gasteiger partial charge is 0.380 e. The molecule has 1 heterocycles. The lowest BCUT2D eigenvalue weighted by Gasteiger charge is -2.43. The summed E-state index contributed by atoms with van der Waals surface area (Å²) in [6.45, 7) is 1.38. The summed E-state index contributed by atoms with van der Waals surface area (Å²) < 4.78 is 0. The molecule has 0 spiro atoms. The smallest absolute Gasteiger partial charge is 0.195 e. The van der Waals surface area contributed by atoms with E-state index in [4.69, 9.17) is 23.8 Å². The first-order valence-corrected chi connectivity index (χ1v) is 13.5. The van der Waals surface area contributed by atoms with E-state index in [0.717, 1.165) is 24.0 Å². The number of likely N-dealkylation sites (tertiary alicyclic amines) is 1. The van der Waals surface area contributed by atoms with Crippen LogP contribution in [0.1, 0.15) is 39.9 Å². The quantitative estimate of drug-likeness (QED) is 0.205. The third-order valence-corrected chi connectivity index (χ3v) is 7.90. The van der Waals surface area contributed by atoms with Crippen LogP contribution in [0.5, 0.6) is 0 Å². The summed E-state index contributed by atoms with van der Waals surface area (Å²) in [5, 5.41) is 16.5. The van der Waals surface area contributed by atoms with Crippen LogP contribution in [0.2, 0.25) is 5.02 Å². The van der Waals surface area contributed by atoms with Crippen molar-refractivity contribution in [3.8, 4) is 0 Å². The van der Waals surface area contributed by atoms with Crippen molar-refractivity contribution < 1.29 is 9.90 Å². The van der Waals surface area contributed by atoms with E-state index in [2.05, 4.69) is 10.2 Å². The number of benzene rings is 4.